The van der Waals surface area contributed by atoms with Crippen molar-refractivity contribution in [1.82, 2.24) is 5.43 Å². The van der Waals surface area contributed by atoms with E-state index in [0.29, 0.717) is 16.3 Å². The molecule has 0 aliphatic rings. The predicted octanol–water partition coefficient (Wildman–Crippen LogP) is 3.74. The van der Waals surface area contributed by atoms with Gasteiger partial charge in [-0.2, -0.15) is 5.10 Å². The standard InChI is InChI=1S/C16H13Cl2N3O4/c1-10-6-13(3-5-14(10)17)25-9-16(22)20-19-8-11-7-12(21(23)24)2-4-15(11)18/h2-8H,9H2,1H3,(H,20,22)/b19-8-. The Morgan fingerprint density at radius 1 is 1.28 bits per heavy atom. The number of carbonyl (C=O) groups is 1. The molecule has 2 aromatic rings. The van der Waals surface area contributed by atoms with Crippen LogP contribution in [0.1, 0.15) is 11.1 Å². The second-order valence-electron chi connectivity index (χ2n) is 4.96. The number of halogens is 2. The zero-order valence-electron chi connectivity index (χ0n) is 13.0. The van der Waals surface area contributed by atoms with Crippen molar-refractivity contribution in [2.24, 2.45) is 5.10 Å². The van der Waals surface area contributed by atoms with Gasteiger partial charge in [-0.1, -0.05) is 23.2 Å². The summed E-state index contributed by atoms with van der Waals surface area (Å²) in [6.45, 7) is 1.57. The first-order valence-corrected chi connectivity index (χ1v) is 7.77. The Morgan fingerprint density at radius 2 is 2.00 bits per heavy atom. The molecule has 0 bridgehead atoms. The summed E-state index contributed by atoms with van der Waals surface area (Å²) in [5.74, 6) is 0.00756. The first-order valence-electron chi connectivity index (χ1n) is 7.01. The summed E-state index contributed by atoms with van der Waals surface area (Å²) in [4.78, 5) is 21.9. The molecule has 2 rings (SSSR count). The highest BCUT2D eigenvalue weighted by molar-refractivity contribution is 6.33. The molecule has 7 nitrogen and oxygen atoms in total. The predicted molar refractivity (Wildman–Crippen MR) is 95.5 cm³/mol. The van der Waals surface area contributed by atoms with Crippen molar-refractivity contribution in [3.05, 3.63) is 67.7 Å². The Labute approximate surface area is 153 Å². The molecule has 0 aromatic heterocycles. The van der Waals surface area contributed by atoms with Crippen LogP contribution in [0.2, 0.25) is 10.0 Å². The SMILES string of the molecule is Cc1cc(OCC(=O)N/N=C\c2cc([N+](=O)[O-])ccc2Cl)ccc1Cl. The van der Waals surface area contributed by atoms with Gasteiger partial charge >= 0.3 is 0 Å². The van der Waals surface area contributed by atoms with Gasteiger partial charge in [0.25, 0.3) is 11.6 Å². The van der Waals surface area contributed by atoms with Crippen molar-refractivity contribution in [2.45, 2.75) is 6.92 Å². The molecule has 0 saturated heterocycles. The minimum Gasteiger partial charge on any atom is -0.484 e. The Kier molecular flexibility index (Phi) is 6.32. The van der Waals surface area contributed by atoms with E-state index in [1.54, 1.807) is 18.2 Å². The van der Waals surface area contributed by atoms with Crippen molar-refractivity contribution in [3.8, 4) is 5.75 Å². The Hall–Kier alpha value is -2.64. The minimum atomic E-state index is -0.547. The average molecular weight is 382 g/mol. The van der Waals surface area contributed by atoms with Gasteiger partial charge in [-0.25, -0.2) is 5.43 Å². The van der Waals surface area contributed by atoms with Crippen molar-refractivity contribution in [2.75, 3.05) is 6.61 Å². The number of nitrogens with one attached hydrogen (secondary N) is 1. The van der Waals surface area contributed by atoms with Crippen LogP contribution in [0.15, 0.2) is 41.5 Å². The highest BCUT2D eigenvalue weighted by atomic mass is 35.5. The van der Waals surface area contributed by atoms with Gasteiger partial charge in [0.05, 0.1) is 11.1 Å². The second-order valence-corrected chi connectivity index (χ2v) is 5.77. The maximum Gasteiger partial charge on any atom is 0.277 e. The molecule has 0 unspecified atom stereocenters. The largest absolute Gasteiger partial charge is 0.484 e. The first kappa shape index (κ1) is 18.7. The van der Waals surface area contributed by atoms with Gasteiger partial charge in [-0.05, 0) is 36.8 Å². The monoisotopic (exact) mass is 381 g/mol. The number of hydrogen-bond acceptors (Lipinski definition) is 5. The highest BCUT2D eigenvalue weighted by Crippen LogP contribution is 2.21. The van der Waals surface area contributed by atoms with Crippen LogP contribution >= 0.6 is 23.2 Å². The van der Waals surface area contributed by atoms with E-state index in [2.05, 4.69) is 10.5 Å². The number of ether oxygens (including phenoxy) is 1. The van der Waals surface area contributed by atoms with Crippen molar-refractivity contribution >= 4 is 41.0 Å². The van der Waals surface area contributed by atoms with Crippen LogP contribution in [-0.4, -0.2) is 23.7 Å². The molecule has 1 amide bonds. The van der Waals surface area contributed by atoms with E-state index < -0.39 is 10.8 Å². The molecule has 0 aliphatic heterocycles. The molecule has 0 atom stereocenters. The highest BCUT2D eigenvalue weighted by Gasteiger charge is 2.08. The summed E-state index contributed by atoms with van der Waals surface area (Å²) in [5.41, 5.74) is 3.27. The number of aryl methyl sites for hydroxylation is 1. The molecule has 0 heterocycles. The number of non-ortho nitro benzene ring substituents is 1. The molecular formula is C16H13Cl2N3O4. The van der Waals surface area contributed by atoms with Crippen LogP contribution in [0.25, 0.3) is 0 Å². The second kappa shape index (κ2) is 8.46. The maximum atomic E-state index is 11.7. The summed E-state index contributed by atoms with van der Waals surface area (Å²) >= 11 is 11.8. The van der Waals surface area contributed by atoms with Crippen LogP contribution < -0.4 is 10.2 Å². The summed E-state index contributed by atoms with van der Waals surface area (Å²) < 4.78 is 5.32. The molecule has 130 valence electrons. The lowest BCUT2D eigenvalue weighted by atomic mass is 10.2. The van der Waals surface area contributed by atoms with Gasteiger partial charge < -0.3 is 4.74 Å². The lowest BCUT2D eigenvalue weighted by molar-refractivity contribution is -0.384. The number of nitro groups is 1. The summed E-state index contributed by atoms with van der Waals surface area (Å²) in [6, 6.07) is 8.95. The quantitative estimate of drug-likeness (QED) is 0.468. The fourth-order valence-corrected chi connectivity index (χ4v) is 2.09. The Bertz CT molecular complexity index is 840. The van der Waals surface area contributed by atoms with E-state index in [0.717, 1.165) is 5.56 Å². The van der Waals surface area contributed by atoms with E-state index in [-0.39, 0.29) is 17.3 Å². The van der Waals surface area contributed by atoms with Gasteiger partial charge in [0.2, 0.25) is 0 Å². The maximum absolute atomic E-state index is 11.7. The number of carbonyl (C=O) groups excluding carboxylic acids is 1. The molecule has 0 radical (unpaired) electrons. The first-order chi connectivity index (χ1) is 11.9. The number of hydrogen-bond donors (Lipinski definition) is 1. The third kappa shape index (κ3) is 5.44. The molecule has 1 N–H and O–H groups in total. The third-order valence-corrected chi connectivity index (χ3v) is 3.85. The minimum absolute atomic E-state index is 0.126. The topological polar surface area (TPSA) is 93.8 Å². The molecule has 0 saturated carbocycles. The number of rotatable bonds is 6. The van der Waals surface area contributed by atoms with Crippen LogP contribution in [0.4, 0.5) is 5.69 Å². The third-order valence-electron chi connectivity index (χ3n) is 3.08. The smallest absolute Gasteiger partial charge is 0.277 e. The van der Waals surface area contributed by atoms with Gasteiger partial charge in [0, 0.05) is 27.7 Å². The van der Waals surface area contributed by atoms with Gasteiger partial charge in [0.1, 0.15) is 5.75 Å². The molecule has 0 aliphatic carbocycles. The summed E-state index contributed by atoms with van der Waals surface area (Å²) in [7, 11) is 0. The van der Waals surface area contributed by atoms with Crippen molar-refractivity contribution in [3.63, 3.8) is 0 Å². The lowest BCUT2D eigenvalue weighted by Gasteiger charge is -2.06. The molecule has 2 aromatic carbocycles. The van der Waals surface area contributed by atoms with E-state index in [1.165, 1.54) is 24.4 Å². The molecule has 0 spiro atoms. The van der Waals surface area contributed by atoms with Gasteiger partial charge in [-0.3, -0.25) is 14.9 Å². The van der Waals surface area contributed by atoms with Crippen LogP contribution in [-0.2, 0) is 4.79 Å². The molecular weight excluding hydrogens is 369 g/mol. The molecule has 25 heavy (non-hydrogen) atoms. The summed E-state index contributed by atoms with van der Waals surface area (Å²) in [5, 5.41) is 15.3. The molecule has 0 fully saturated rings. The van der Waals surface area contributed by atoms with Gasteiger partial charge in [-0.15, -0.1) is 0 Å². The average Bonchev–Trinajstić information content (AvgIpc) is 2.57. The zero-order chi connectivity index (χ0) is 18.4. The Balaban J connectivity index is 1.91. The van der Waals surface area contributed by atoms with Crippen LogP contribution in [0, 0.1) is 17.0 Å². The van der Waals surface area contributed by atoms with E-state index in [9.17, 15) is 14.9 Å². The summed E-state index contributed by atoms with van der Waals surface area (Å²) in [6.07, 6.45) is 1.22. The number of benzene rings is 2. The lowest BCUT2D eigenvalue weighted by Crippen LogP contribution is -2.24. The van der Waals surface area contributed by atoms with Gasteiger partial charge in [0.15, 0.2) is 6.61 Å². The van der Waals surface area contributed by atoms with E-state index >= 15 is 0 Å². The number of nitrogens with zero attached hydrogens (tertiary/aromatic N) is 2. The number of hydrazone groups is 1. The van der Waals surface area contributed by atoms with Crippen LogP contribution in [0.5, 0.6) is 5.75 Å². The normalized spacial score (nSPS) is 10.7. The zero-order valence-corrected chi connectivity index (χ0v) is 14.5. The van der Waals surface area contributed by atoms with Crippen LogP contribution in [0.3, 0.4) is 0 Å². The number of nitro benzene ring substituents is 1. The molecule has 9 heteroatoms. The number of amides is 1. The van der Waals surface area contributed by atoms with Crippen molar-refractivity contribution in [1.29, 1.82) is 0 Å². The van der Waals surface area contributed by atoms with E-state index in [4.69, 9.17) is 27.9 Å². The fourth-order valence-electron chi connectivity index (χ4n) is 1.81. The Morgan fingerprint density at radius 3 is 2.68 bits per heavy atom. The van der Waals surface area contributed by atoms with Crippen molar-refractivity contribution < 1.29 is 14.5 Å². The fraction of sp³-hybridized carbons (Fsp3) is 0.125. The van der Waals surface area contributed by atoms with E-state index in [1.807, 2.05) is 6.92 Å².